The zero-order chi connectivity index (χ0) is 39.0. The molecular formula is C41H52N8O5Si. The van der Waals surface area contributed by atoms with Crippen molar-refractivity contribution in [2.75, 3.05) is 37.4 Å². The number of ether oxygens (including phenoxy) is 1. The van der Waals surface area contributed by atoms with E-state index in [0.717, 1.165) is 36.9 Å². The zero-order valence-corrected chi connectivity index (χ0v) is 33.4. The summed E-state index contributed by atoms with van der Waals surface area (Å²) >= 11 is 0. The predicted octanol–water partition coefficient (Wildman–Crippen LogP) is 6.85. The largest absolute Gasteiger partial charge is 0.465 e. The Hall–Kier alpha value is -5.34. The second-order valence-electron chi connectivity index (χ2n) is 15.1. The molecule has 2 aromatic carbocycles. The lowest BCUT2D eigenvalue weighted by atomic mass is 9.93. The van der Waals surface area contributed by atoms with Gasteiger partial charge in [-0.2, -0.15) is 10.1 Å². The number of carbonyl (C=O) groups is 2. The number of carbonyl (C=O) groups excluding carboxylic acids is 1. The highest BCUT2D eigenvalue weighted by Crippen LogP contribution is 2.37. The van der Waals surface area contributed by atoms with Gasteiger partial charge in [0.1, 0.15) is 11.0 Å². The number of likely N-dealkylation sites (tertiary alicyclic amines) is 1. The Bertz CT molecular complexity index is 1990. The zero-order valence-electron chi connectivity index (χ0n) is 32.4. The standard InChI is InChI=1S/C41H52N8O5Si/c1-6-13-31(22-25-54-55(41(2,3)4,32-14-9-7-10-15-32)33-16-11-8-12-17-33)44-37-36-35(45-38(46-37)47-39(50)53-5)27-43-49(36)28-29-18-19-34(42-26-29)30-20-23-48(24-21-30)40(51)52/h7-12,14-19,26-27,30-31H,6,13,20-25,28H2,1-5H3,(H,51,52)(H2,44,45,46,47,50). The summed E-state index contributed by atoms with van der Waals surface area (Å²) in [5.74, 6) is 0.879. The first-order valence-corrected chi connectivity index (χ1v) is 21.0. The molecule has 14 heteroatoms. The number of pyridine rings is 1. The van der Waals surface area contributed by atoms with Gasteiger partial charge in [-0.1, -0.05) is 101 Å². The second-order valence-corrected chi connectivity index (χ2v) is 19.4. The van der Waals surface area contributed by atoms with Crippen molar-refractivity contribution in [3.05, 3.63) is 96.4 Å². The van der Waals surface area contributed by atoms with Crippen molar-refractivity contribution in [2.45, 2.75) is 83.3 Å². The molecule has 1 saturated heterocycles. The molecule has 2 amide bonds. The van der Waals surface area contributed by atoms with Gasteiger partial charge in [-0.25, -0.2) is 14.6 Å². The lowest BCUT2D eigenvalue weighted by Crippen LogP contribution is -2.66. The van der Waals surface area contributed by atoms with Crippen LogP contribution in [0.1, 0.15) is 77.0 Å². The molecule has 290 valence electrons. The highest BCUT2D eigenvalue weighted by atomic mass is 28.4. The summed E-state index contributed by atoms with van der Waals surface area (Å²) in [5.41, 5.74) is 3.18. The van der Waals surface area contributed by atoms with E-state index in [0.29, 0.717) is 49.5 Å². The van der Waals surface area contributed by atoms with Crippen molar-refractivity contribution < 1.29 is 23.9 Å². The monoisotopic (exact) mass is 764 g/mol. The first-order chi connectivity index (χ1) is 26.5. The molecule has 4 heterocycles. The maximum absolute atomic E-state index is 12.2. The molecule has 0 bridgehead atoms. The Morgan fingerprint density at radius 1 is 0.945 bits per heavy atom. The Labute approximate surface area is 323 Å². The number of hydrogen-bond acceptors (Lipinski definition) is 9. The Morgan fingerprint density at radius 3 is 2.18 bits per heavy atom. The molecule has 1 aliphatic rings. The lowest BCUT2D eigenvalue weighted by Gasteiger charge is -2.43. The third-order valence-corrected chi connectivity index (χ3v) is 15.5. The maximum atomic E-state index is 12.2. The predicted molar refractivity (Wildman–Crippen MR) is 217 cm³/mol. The SMILES string of the molecule is CCCC(CCO[Si](c1ccccc1)(c1ccccc1)C(C)(C)C)Nc1nc(NC(=O)OC)nc2cnn(Cc3ccc(C4CCN(C(=O)O)CC4)nc3)c12. The van der Waals surface area contributed by atoms with E-state index in [-0.39, 0.29) is 22.9 Å². The van der Waals surface area contributed by atoms with Crippen molar-refractivity contribution in [2.24, 2.45) is 0 Å². The molecule has 3 N–H and O–H groups in total. The molecule has 0 spiro atoms. The summed E-state index contributed by atoms with van der Waals surface area (Å²) in [4.78, 5) is 39.2. The number of amides is 2. The summed E-state index contributed by atoms with van der Waals surface area (Å²) in [7, 11) is -1.43. The van der Waals surface area contributed by atoms with Crippen molar-refractivity contribution >= 4 is 53.7 Å². The number of nitrogens with one attached hydrogen (secondary N) is 2. The number of rotatable bonds is 14. The minimum absolute atomic E-state index is 0.0101. The number of carboxylic acid groups (broad SMARTS) is 1. The average molecular weight is 765 g/mol. The molecule has 13 nitrogen and oxygen atoms in total. The van der Waals surface area contributed by atoms with E-state index in [1.807, 2.05) is 23.0 Å². The minimum Gasteiger partial charge on any atom is -0.465 e. The molecular weight excluding hydrogens is 713 g/mol. The summed E-state index contributed by atoms with van der Waals surface area (Å²) in [6.07, 6.45) is 6.00. The number of anilines is 2. The topological polar surface area (TPSA) is 157 Å². The summed E-state index contributed by atoms with van der Waals surface area (Å²) < 4.78 is 14.0. The van der Waals surface area contributed by atoms with Gasteiger partial charge in [0.05, 0.1) is 19.9 Å². The van der Waals surface area contributed by atoms with Crippen molar-refractivity contribution in [1.82, 2.24) is 29.6 Å². The highest BCUT2D eigenvalue weighted by Gasteiger charge is 2.50. The number of nitrogens with zero attached hydrogens (tertiary/aromatic N) is 6. The molecule has 55 heavy (non-hydrogen) atoms. The molecule has 0 radical (unpaired) electrons. The molecule has 0 saturated carbocycles. The Morgan fingerprint density at radius 2 is 1.62 bits per heavy atom. The smallest absolute Gasteiger partial charge is 0.413 e. The number of piperidine rings is 1. The quantitative estimate of drug-likeness (QED) is 0.102. The molecule has 3 aromatic heterocycles. The second kappa shape index (κ2) is 17.4. The van der Waals surface area contributed by atoms with E-state index in [2.05, 4.69) is 104 Å². The van der Waals surface area contributed by atoms with Crippen LogP contribution in [0, 0.1) is 0 Å². The van der Waals surface area contributed by atoms with Crippen LogP contribution in [-0.2, 0) is 15.7 Å². The van der Waals surface area contributed by atoms with Crippen LogP contribution >= 0.6 is 0 Å². The van der Waals surface area contributed by atoms with Crippen LogP contribution in [0.5, 0.6) is 0 Å². The lowest BCUT2D eigenvalue weighted by molar-refractivity contribution is 0.131. The van der Waals surface area contributed by atoms with Crippen LogP contribution in [-0.4, -0.2) is 88.1 Å². The molecule has 1 atom stereocenters. The van der Waals surface area contributed by atoms with Crippen molar-refractivity contribution in [3.63, 3.8) is 0 Å². The normalized spacial score (nSPS) is 14.5. The van der Waals surface area contributed by atoms with E-state index in [4.69, 9.17) is 24.2 Å². The van der Waals surface area contributed by atoms with Crippen molar-refractivity contribution in [1.29, 1.82) is 0 Å². The van der Waals surface area contributed by atoms with Crippen LogP contribution in [0.4, 0.5) is 21.4 Å². The number of aromatic nitrogens is 5. The van der Waals surface area contributed by atoms with Crippen LogP contribution < -0.4 is 21.0 Å². The minimum atomic E-state index is -2.73. The molecule has 1 aliphatic heterocycles. The molecule has 6 rings (SSSR count). The van der Waals surface area contributed by atoms with Gasteiger partial charge >= 0.3 is 12.2 Å². The van der Waals surface area contributed by atoms with E-state index < -0.39 is 20.5 Å². The van der Waals surface area contributed by atoms with E-state index in [1.54, 1.807) is 6.20 Å². The summed E-state index contributed by atoms with van der Waals surface area (Å²) in [5, 5.41) is 22.7. The fourth-order valence-corrected chi connectivity index (χ4v) is 12.3. The molecule has 1 fully saturated rings. The molecule has 5 aromatic rings. The van der Waals surface area contributed by atoms with E-state index in [9.17, 15) is 14.7 Å². The number of hydrogen-bond donors (Lipinski definition) is 3. The van der Waals surface area contributed by atoms with Gasteiger partial charge < -0.3 is 24.5 Å². The van der Waals surface area contributed by atoms with Gasteiger partial charge in [0.25, 0.3) is 8.32 Å². The van der Waals surface area contributed by atoms with E-state index in [1.165, 1.54) is 22.4 Å². The fourth-order valence-electron chi connectivity index (χ4n) is 7.67. The number of fused-ring (bicyclic) bond motifs is 1. The van der Waals surface area contributed by atoms with Crippen LogP contribution in [0.15, 0.2) is 85.2 Å². The van der Waals surface area contributed by atoms with Gasteiger partial charge in [0.15, 0.2) is 5.82 Å². The van der Waals surface area contributed by atoms with Gasteiger partial charge in [0.2, 0.25) is 5.95 Å². The summed E-state index contributed by atoms with van der Waals surface area (Å²) in [6.45, 7) is 11.0. The number of benzene rings is 2. The average Bonchev–Trinajstić information content (AvgIpc) is 3.59. The third-order valence-electron chi connectivity index (χ3n) is 10.4. The van der Waals surface area contributed by atoms with Crippen LogP contribution in [0.25, 0.3) is 11.0 Å². The molecule has 0 aliphatic carbocycles. The van der Waals surface area contributed by atoms with Crippen LogP contribution in [0.2, 0.25) is 5.04 Å². The van der Waals surface area contributed by atoms with Crippen LogP contribution in [0.3, 0.4) is 0 Å². The van der Waals surface area contributed by atoms with Gasteiger partial charge in [-0.3, -0.25) is 15.0 Å². The number of methoxy groups -OCH3 is 1. The maximum Gasteiger partial charge on any atom is 0.413 e. The fraction of sp³-hybridized carbons (Fsp3) is 0.415. The van der Waals surface area contributed by atoms with E-state index >= 15 is 0 Å². The van der Waals surface area contributed by atoms with Gasteiger partial charge in [0, 0.05) is 43.5 Å². The first-order valence-electron chi connectivity index (χ1n) is 19.0. The summed E-state index contributed by atoms with van der Waals surface area (Å²) in [6, 6.07) is 25.4. The molecule has 1 unspecified atom stereocenters. The third kappa shape index (κ3) is 8.97. The van der Waals surface area contributed by atoms with Gasteiger partial charge in [-0.15, -0.1) is 0 Å². The first kappa shape index (κ1) is 39.4. The van der Waals surface area contributed by atoms with Crippen molar-refractivity contribution in [3.8, 4) is 0 Å². The Kier molecular flexibility index (Phi) is 12.5. The van der Waals surface area contributed by atoms with Gasteiger partial charge in [-0.05, 0) is 52.7 Å². The Balaban J connectivity index is 1.26. The highest BCUT2D eigenvalue weighted by molar-refractivity contribution is 6.99.